The van der Waals surface area contributed by atoms with Gasteiger partial charge in [0, 0.05) is 18.3 Å². The smallest absolute Gasteiger partial charge is 0.422 e. The van der Waals surface area contributed by atoms with Crippen LogP contribution in [0.25, 0.3) is 0 Å². The molecular formula is C13H17F3N2O3. The van der Waals surface area contributed by atoms with Crippen LogP contribution >= 0.6 is 0 Å². The van der Waals surface area contributed by atoms with E-state index in [9.17, 15) is 18.0 Å². The van der Waals surface area contributed by atoms with Crippen molar-refractivity contribution >= 4 is 11.7 Å². The number of nitrogens with one attached hydrogen (secondary N) is 2. The number of ether oxygens (including phenoxy) is 1. The molecule has 0 aliphatic carbocycles. The lowest BCUT2D eigenvalue weighted by atomic mass is 10.2. The first kappa shape index (κ1) is 17.1. The number of aliphatic hydroxyl groups excluding tert-OH is 1. The van der Waals surface area contributed by atoms with Gasteiger partial charge in [0.15, 0.2) is 6.61 Å². The van der Waals surface area contributed by atoms with E-state index in [1.54, 1.807) is 6.92 Å². The summed E-state index contributed by atoms with van der Waals surface area (Å²) < 4.78 is 40.5. The minimum absolute atomic E-state index is 0.0350. The van der Waals surface area contributed by atoms with Gasteiger partial charge in [0.2, 0.25) is 0 Å². The van der Waals surface area contributed by atoms with Crippen LogP contribution in [0, 0.1) is 0 Å². The second-order valence-corrected chi connectivity index (χ2v) is 4.44. The van der Waals surface area contributed by atoms with E-state index in [4.69, 9.17) is 5.11 Å². The highest BCUT2D eigenvalue weighted by molar-refractivity contribution is 5.89. The quantitative estimate of drug-likeness (QED) is 0.756. The Kier molecular flexibility index (Phi) is 6.29. The molecule has 8 heteroatoms. The molecule has 118 valence electrons. The van der Waals surface area contributed by atoms with Crippen LogP contribution < -0.4 is 15.4 Å². The van der Waals surface area contributed by atoms with Crippen LogP contribution in [0.5, 0.6) is 5.75 Å². The number of amides is 2. The average Bonchev–Trinajstić information content (AvgIpc) is 2.37. The summed E-state index contributed by atoms with van der Waals surface area (Å²) in [4.78, 5) is 11.6. The Hall–Kier alpha value is -1.96. The van der Waals surface area contributed by atoms with Gasteiger partial charge in [-0.3, -0.25) is 0 Å². The molecule has 0 aromatic heterocycles. The molecule has 0 fully saturated rings. The number of urea groups is 1. The van der Waals surface area contributed by atoms with Crippen molar-refractivity contribution in [2.45, 2.75) is 25.6 Å². The van der Waals surface area contributed by atoms with E-state index in [1.165, 1.54) is 24.3 Å². The van der Waals surface area contributed by atoms with Gasteiger partial charge in [-0.15, -0.1) is 0 Å². The van der Waals surface area contributed by atoms with Crippen molar-refractivity contribution in [2.24, 2.45) is 0 Å². The number of hydrogen-bond donors (Lipinski definition) is 3. The number of hydrogen-bond acceptors (Lipinski definition) is 3. The SMILES string of the molecule is C[C@@H](CCO)NC(=O)Nc1ccc(OCC(F)(F)F)cc1. The van der Waals surface area contributed by atoms with Gasteiger partial charge in [-0.05, 0) is 37.6 Å². The highest BCUT2D eigenvalue weighted by Gasteiger charge is 2.28. The predicted molar refractivity (Wildman–Crippen MR) is 71.3 cm³/mol. The standard InChI is InChI=1S/C13H17F3N2O3/c1-9(6-7-19)17-12(20)18-10-2-4-11(5-3-10)21-8-13(14,15)16/h2-5,9,19H,6-8H2,1H3,(H2,17,18,20)/t9-/m0/s1. The number of benzene rings is 1. The van der Waals surface area contributed by atoms with E-state index < -0.39 is 18.8 Å². The van der Waals surface area contributed by atoms with E-state index in [1.807, 2.05) is 0 Å². The number of aliphatic hydroxyl groups is 1. The first-order chi connectivity index (χ1) is 9.80. The van der Waals surface area contributed by atoms with Crippen LogP contribution in [0.4, 0.5) is 23.7 Å². The van der Waals surface area contributed by atoms with Crippen LogP contribution in [-0.4, -0.2) is 36.6 Å². The van der Waals surface area contributed by atoms with Crippen LogP contribution in [0.1, 0.15) is 13.3 Å². The molecule has 0 saturated carbocycles. The van der Waals surface area contributed by atoms with Gasteiger partial charge < -0.3 is 20.5 Å². The number of carbonyl (C=O) groups is 1. The van der Waals surface area contributed by atoms with E-state index >= 15 is 0 Å². The van der Waals surface area contributed by atoms with Gasteiger partial charge in [-0.1, -0.05) is 0 Å². The Balaban J connectivity index is 2.45. The minimum Gasteiger partial charge on any atom is -0.484 e. The van der Waals surface area contributed by atoms with Crippen molar-refractivity contribution in [3.63, 3.8) is 0 Å². The van der Waals surface area contributed by atoms with E-state index in [0.717, 1.165) is 0 Å². The first-order valence-electron chi connectivity index (χ1n) is 6.28. The fraction of sp³-hybridized carbons (Fsp3) is 0.462. The Labute approximate surface area is 120 Å². The summed E-state index contributed by atoms with van der Waals surface area (Å²) in [5.41, 5.74) is 0.419. The molecule has 5 nitrogen and oxygen atoms in total. The molecule has 21 heavy (non-hydrogen) atoms. The molecule has 0 radical (unpaired) electrons. The van der Waals surface area contributed by atoms with Crippen molar-refractivity contribution in [2.75, 3.05) is 18.5 Å². The third-order valence-corrected chi connectivity index (χ3v) is 2.45. The molecule has 0 heterocycles. The number of rotatable bonds is 6. The predicted octanol–water partition coefficient (Wildman–Crippen LogP) is 2.52. The highest BCUT2D eigenvalue weighted by atomic mass is 19.4. The van der Waals surface area contributed by atoms with Gasteiger partial charge in [-0.2, -0.15) is 13.2 Å². The van der Waals surface area contributed by atoms with Crippen molar-refractivity contribution in [3.8, 4) is 5.75 Å². The summed E-state index contributed by atoms with van der Waals surface area (Å²) in [6, 6.07) is 4.88. The summed E-state index contributed by atoms with van der Waals surface area (Å²) in [6.45, 7) is 0.343. The average molecular weight is 306 g/mol. The topological polar surface area (TPSA) is 70.6 Å². The first-order valence-corrected chi connectivity index (χ1v) is 6.28. The summed E-state index contributed by atoms with van der Waals surface area (Å²) in [6.07, 6.45) is -3.96. The van der Waals surface area contributed by atoms with E-state index in [-0.39, 0.29) is 18.4 Å². The summed E-state index contributed by atoms with van der Waals surface area (Å²) in [5, 5.41) is 13.8. The summed E-state index contributed by atoms with van der Waals surface area (Å²) in [7, 11) is 0. The van der Waals surface area contributed by atoms with Gasteiger partial charge in [0.25, 0.3) is 0 Å². The third kappa shape index (κ3) is 7.40. The molecule has 0 bridgehead atoms. The van der Waals surface area contributed by atoms with Gasteiger partial charge in [-0.25, -0.2) is 4.79 Å². The molecule has 0 saturated heterocycles. The maximum absolute atomic E-state index is 12.0. The highest BCUT2D eigenvalue weighted by Crippen LogP contribution is 2.20. The van der Waals surface area contributed by atoms with Crippen molar-refractivity contribution in [3.05, 3.63) is 24.3 Å². The normalized spacial score (nSPS) is 12.6. The van der Waals surface area contributed by atoms with Gasteiger partial charge in [0.1, 0.15) is 5.75 Å². The van der Waals surface area contributed by atoms with E-state index in [2.05, 4.69) is 15.4 Å². The number of alkyl halides is 3. The Morgan fingerprint density at radius 3 is 2.48 bits per heavy atom. The monoisotopic (exact) mass is 306 g/mol. The minimum atomic E-state index is -4.39. The van der Waals surface area contributed by atoms with Crippen molar-refractivity contribution < 1.29 is 27.8 Å². The number of anilines is 1. The molecule has 1 atom stereocenters. The lowest BCUT2D eigenvalue weighted by Gasteiger charge is -2.14. The lowest BCUT2D eigenvalue weighted by molar-refractivity contribution is -0.153. The second-order valence-electron chi connectivity index (χ2n) is 4.44. The zero-order chi connectivity index (χ0) is 15.9. The van der Waals surface area contributed by atoms with Crippen molar-refractivity contribution in [1.82, 2.24) is 5.32 Å². The molecule has 0 aliphatic rings. The molecule has 2 amide bonds. The zero-order valence-corrected chi connectivity index (χ0v) is 11.4. The Morgan fingerprint density at radius 2 is 1.95 bits per heavy atom. The molecule has 0 spiro atoms. The number of carbonyl (C=O) groups excluding carboxylic acids is 1. The number of halogens is 3. The maximum atomic E-state index is 12.0. The van der Waals surface area contributed by atoms with Crippen molar-refractivity contribution in [1.29, 1.82) is 0 Å². The molecule has 0 aliphatic heterocycles. The van der Waals surface area contributed by atoms with E-state index in [0.29, 0.717) is 12.1 Å². The van der Waals surface area contributed by atoms with Crippen LogP contribution in [0.2, 0.25) is 0 Å². The maximum Gasteiger partial charge on any atom is 0.422 e. The Bertz CT molecular complexity index is 449. The lowest BCUT2D eigenvalue weighted by Crippen LogP contribution is -2.36. The fourth-order valence-electron chi connectivity index (χ4n) is 1.46. The van der Waals surface area contributed by atoms with Crippen LogP contribution in [0.15, 0.2) is 24.3 Å². The zero-order valence-electron chi connectivity index (χ0n) is 11.4. The molecule has 3 N–H and O–H groups in total. The molecular weight excluding hydrogens is 289 g/mol. The van der Waals surface area contributed by atoms with Crippen LogP contribution in [-0.2, 0) is 0 Å². The molecule has 1 rings (SSSR count). The van der Waals surface area contributed by atoms with Gasteiger partial charge >= 0.3 is 12.2 Å². The van der Waals surface area contributed by atoms with Crippen LogP contribution in [0.3, 0.4) is 0 Å². The summed E-state index contributed by atoms with van der Waals surface area (Å²) in [5.74, 6) is 0.0620. The molecule has 0 unspecified atom stereocenters. The fourth-order valence-corrected chi connectivity index (χ4v) is 1.46. The largest absolute Gasteiger partial charge is 0.484 e. The van der Waals surface area contributed by atoms with Gasteiger partial charge in [0.05, 0.1) is 0 Å². The Morgan fingerprint density at radius 1 is 1.33 bits per heavy atom. The third-order valence-electron chi connectivity index (χ3n) is 2.45. The second kappa shape index (κ2) is 7.72. The molecule has 1 aromatic rings. The molecule has 1 aromatic carbocycles. The summed E-state index contributed by atoms with van der Waals surface area (Å²) >= 11 is 0.